The molecule has 0 aliphatic heterocycles. The molecule has 3 heteroatoms. The normalized spacial score (nSPS) is 10.0. The number of ether oxygens (including phenoxy) is 2. The maximum Gasteiger partial charge on any atom is 0.190 e. The molecule has 0 fully saturated rings. The highest BCUT2D eigenvalue weighted by Crippen LogP contribution is 2.14. The monoisotopic (exact) mass is 234 g/mol. The molecular weight excluding hydrogens is 216 g/mol. The van der Waals surface area contributed by atoms with E-state index in [2.05, 4.69) is 6.58 Å². The molecule has 0 unspecified atom stereocenters. The molecule has 0 radical (unpaired) electrons. The molecule has 3 nitrogen and oxygen atoms in total. The van der Waals surface area contributed by atoms with E-state index in [1.54, 1.807) is 24.3 Å². The highest BCUT2D eigenvalue weighted by atomic mass is 16.5. The molecule has 1 aromatic rings. The van der Waals surface area contributed by atoms with E-state index < -0.39 is 0 Å². The Hall–Kier alpha value is -1.61. The first kappa shape index (κ1) is 13.5. The van der Waals surface area contributed by atoms with Crippen LogP contribution in [-0.4, -0.2) is 25.6 Å². The zero-order chi connectivity index (χ0) is 12.7. The fraction of sp³-hybridized carbons (Fsp3) is 0.357. The van der Waals surface area contributed by atoms with Crippen LogP contribution in [0.4, 0.5) is 0 Å². The summed E-state index contributed by atoms with van der Waals surface area (Å²) in [5, 5.41) is 0. The molecule has 1 rings (SSSR count). The predicted octanol–water partition coefficient (Wildman–Crippen LogP) is 2.86. The quantitative estimate of drug-likeness (QED) is 0.537. The van der Waals surface area contributed by atoms with Crippen LogP contribution in [0.15, 0.2) is 36.4 Å². The zero-order valence-electron chi connectivity index (χ0n) is 10.4. The number of Topliss-reactive ketones (excluding diaryl/α,β-unsaturated/α-hetero) is 1. The average molecular weight is 234 g/mol. The lowest BCUT2D eigenvalue weighted by Crippen LogP contribution is -2.08. The maximum atomic E-state index is 11.9. The summed E-state index contributed by atoms with van der Waals surface area (Å²) in [6.07, 6.45) is 0. The Morgan fingerprint density at radius 3 is 2.35 bits per heavy atom. The molecule has 0 spiro atoms. The highest BCUT2D eigenvalue weighted by Gasteiger charge is 2.10. The topological polar surface area (TPSA) is 35.5 Å². The zero-order valence-corrected chi connectivity index (χ0v) is 10.4. The van der Waals surface area contributed by atoms with Crippen LogP contribution in [0.25, 0.3) is 0 Å². The van der Waals surface area contributed by atoms with E-state index in [0.29, 0.717) is 24.4 Å². The Labute approximate surface area is 102 Å². The summed E-state index contributed by atoms with van der Waals surface area (Å²) in [7, 11) is 0. The molecular formula is C14H18O3. The summed E-state index contributed by atoms with van der Waals surface area (Å²) in [5.74, 6) is 0.681. The summed E-state index contributed by atoms with van der Waals surface area (Å²) < 4.78 is 10.5. The number of hydrogen-bond acceptors (Lipinski definition) is 3. The summed E-state index contributed by atoms with van der Waals surface area (Å²) in [4.78, 5) is 11.9. The third-order valence-electron chi connectivity index (χ3n) is 2.23. The van der Waals surface area contributed by atoms with E-state index in [0.717, 1.165) is 5.75 Å². The Morgan fingerprint density at radius 1 is 1.18 bits per heavy atom. The molecule has 0 N–H and O–H groups in total. The molecule has 17 heavy (non-hydrogen) atoms. The van der Waals surface area contributed by atoms with Crippen LogP contribution in [0, 0.1) is 0 Å². The largest absolute Gasteiger partial charge is 0.494 e. The van der Waals surface area contributed by atoms with Gasteiger partial charge in [0, 0.05) is 17.7 Å². The standard InChI is InChI=1S/C14H18O3/c1-4-16-10-11(3)14(15)12-6-8-13(9-7-12)17-5-2/h6-9H,3-5,10H2,1-2H3. The molecule has 0 saturated carbocycles. The van der Waals surface area contributed by atoms with Gasteiger partial charge in [0.25, 0.3) is 0 Å². The van der Waals surface area contributed by atoms with E-state index in [-0.39, 0.29) is 12.4 Å². The predicted molar refractivity (Wildman–Crippen MR) is 67.6 cm³/mol. The SMILES string of the molecule is C=C(COCC)C(=O)c1ccc(OCC)cc1. The lowest BCUT2D eigenvalue weighted by Gasteiger charge is -2.06. The van der Waals surface area contributed by atoms with Crippen LogP contribution in [0.1, 0.15) is 24.2 Å². The van der Waals surface area contributed by atoms with E-state index >= 15 is 0 Å². The van der Waals surface area contributed by atoms with Gasteiger partial charge < -0.3 is 9.47 Å². The number of hydrogen-bond donors (Lipinski definition) is 0. The number of benzene rings is 1. The van der Waals surface area contributed by atoms with Crippen LogP contribution in [-0.2, 0) is 4.74 Å². The first-order chi connectivity index (χ1) is 8.19. The number of carbonyl (C=O) groups is 1. The molecule has 0 atom stereocenters. The fourth-order valence-electron chi connectivity index (χ4n) is 1.36. The van der Waals surface area contributed by atoms with Crippen molar-refractivity contribution in [3.8, 4) is 5.75 Å². The van der Waals surface area contributed by atoms with E-state index in [1.165, 1.54) is 0 Å². The second-order valence-corrected chi connectivity index (χ2v) is 3.53. The number of ketones is 1. The first-order valence-corrected chi connectivity index (χ1v) is 5.72. The van der Waals surface area contributed by atoms with E-state index in [1.807, 2.05) is 13.8 Å². The molecule has 0 aromatic heterocycles. The number of carbonyl (C=O) groups excluding carboxylic acids is 1. The molecule has 0 aliphatic rings. The van der Waals surface area contributed by atoms with Gasteiger partial charge in [0.05, 0.1) is 13.2 Å². The van der Waals surface area contributed by atoms with Crippen molar-refractivity contribution in [1.82, 2.24) is 0 Å². The van der Waals surface area contributed by atoms with Gasteiger partial charge >= 0.3 is 0 Å². The minimum atomic E-state index is -0.0819. The Balaban J connectivity index is 2.66. The van der Waals surface area contributed by atoms with Crippen molar-refractivity contribution in [2.75, 3.05) is 19.8 Å². The fourth-order valence-corrected chi connectivity index (χ4v) is 1.36. The summed E-state index contributed by atoms with van der Waals surface area (Å²) in [6, 6.07) is 7.05. The smallest absolute Gasteiger partial charge is 0.190 e. The van der Waals surface area contributed by atoms with Crippen molar-refractivity contribution in [3.05, 3.63) is 42.0 Å². The summed E-state index contributed by atoms with van der Waals surface area (Å²) >= 11 is 0. The Morgan fingerprint density at radius 2 is 1.82 bits per heavy atom. The van der Waals surface area contributed by atoms with Crippen LogP contribution in [0.5, 0.6) is 5.75 Å². The Kier molecular flexibility index (Phi) is 5.43. The van der Waals surface area contributed by atoms with Gasteiger partial charge in [-0.2, -0.15) is 0 Å². The first-order valence-electron chi connectivity index (χ1n) is 5.72. The minimum absolute atomic E-state index is 0.0819. The van der Waals surface area contributed by atoms with Crippen LogP contribution < -0.4 is 4.74 Å². The van der Waals surface area contributed by atoms with Gasteiger partial charge in [-0.15, -0.1) is 0 Å². The van der Waals surface area contributed by atoms with Crippen molar-refractivity contribution < 1.29 is 14.3 Å². The second kappa shape index (κ2) is 6.86. The molecule has 92 valence electrons. The van der Waals surface area contributed by atoms with Crippen molar-refractivity contribution in [3.63, 3.8) is 0 Å². The molecule has 0 bridgehead atoms. The van der Waals surface area contributed by atoms with Gasteiger partial charge in [0.1, 0.15) is 5.75 Å². The van der Waals surface area contributed by atoms with Crippen LogP contribution >= 0.6 is 0 Å². The van der Waals surface area contributed by atoms with Crippen molar-refractivity contribution in [2.45, 2.75) is 13.8 Å². The van der Waals surface area contributed by atoms with Crippen molar-refractivity contribution in [1.29, 1.82) is 0 Å². The van der Waals surface area contributed by atoms with Crippen molar-refractivity contribution >= 4 is 5.78 Å². The van der Waals surface area contributed by atoms with Crippen molar-refractivity contribution in [2.24, 2.45) is 0 Å². The van der Waals surface area contributed by atoms with E-state index in [4.69, 9.17) is 9.47 Å². The van der Waals surface area contributed by atoms with Gasteiger partial charge in [0.2, 0.25) is 0 Å². The summed E-state index contributed by atoms with van der Waals surface area (Å²) in [5.41, 5.74) is 1.08. The third-order valence-corrected chi connectivity index (χ3v) is 2.23. The molecule has 0 heterocycles. The maximum absolute atomic E-state index is 11.9. The minimum Gasteiger partial charge on any atom is -0.494 e. The third kappa shape index (κ3) is 4.04. The lowest BCUT2D eigenvalue weighted by atomic mass is 10.1. The van der Waals surface area contributed by atoms with E-state index in [9.17, 15) is 4.79 Å². The van der Waals surface area contributed by atoms with Gasteiger partial charge in [0.15, 0.2) is 5.78 Å². The molecule has 0 saturated heterocycles. The second-order valence-electron chi connectivity index (χ2n) is 3.53. The average Bonchev–Trinajstić information content (AvgIpc) is 2.36. The van der Waals surface area contributed by atoms with Gasteiger partial charge in [-0.05, 0) is 38.1 Å². The number of rotatable bonds is 7. The summed E-state index contributed by atoms with van der Waals surface area (Å²) in [6.45, 7) is 9.00. The lowest BCUT2D eigenvalue weighted by molar-refractivity contribution is 0.0991. The van der Waals surface area contributed by atoms with Gasteiger partial charge in [-0.25, -0.2) is 0 Å². The Bertz CT molecular complexity index is 379. The van der Waals surface area contributed by atoms with Gasteiger partial charge in [-0.3, -0.25) is 4.79 Å². The molecule has 1 aromatic carbocycles. The molecule has 0 aliphatic carbocycles. The van der Waals surface area contributed by atoms with Crippen LogP contribution in [0.3, 0.4) is 0 Å². The van der Waals surface area contributed by atoms with Crippen LogP contribution in [0.2, 0.25) is 0 Å². The highest BCUT2D eigenvalue weighted by molar-refractivity contribution is 6.08. The van der Waals surface area contributed by atoms with Gasteiger partial charge in [-0.1, -0.05) is 6.58 Å². The molecule has 0 amide bonds.